The molecule has 4 heteroatoms. The molecule has 2 aliphatic rings. The fourth-order valence-corrected chi connectivity index (χ4v) is 1.64. The van der Waals surface area contributed by atoms with Gasteiger partial charge in [0.1, 0.15) is 5.54 Å². The summed E-state index contributed by atoms with van der Waals surface area (Å²) in [4.78, 5) is 22.0. The molecule has 2 saturated heterocycles. The molecule has 0 aliphatic carbocycles. The summed E-state index contributed by atoms with van der Waals surface area (Å²) in [6.45, 7) is 2.10. The molecule has 2 fully saturated rings. The van der Waals surface area contributed by atoms with Gasteiger partial charge in [0, 0.05) is 12.3 Å². The molecule has 0 saturated carbocycles. The summed E-state index contributed by atoms with van der Waals surface area (Å²) >= 11 is 0. The first-order valence-electron chi connectivity index (χ1n) is 3.61. The maximum absolute atomic E-state index is 11.1. The average molecular weight is 155 g/mol. The van der Waals surface area contributed by atoms with Crippen LogP contribution >= 0.6 is 0 Å². The van der Waals surface area contributed by atoms with Gasteiger partial charge >= 0.3 is 5.97 Å². The van der Waals surface area contributed by atoms with E-state index in [4.69, 9.17) is 4.74 Å². The van der Waals surface area contributed by atoms with E-state index in [1.165, 1.54) is 0 Å². The van der Waals surface area contributed by atoms with Crippen molar-refractivity contribution < 1.29 is 14.3 Å². The number of cyclic esters (lactones) is 1. The van der Waals surface area contributed by atoms with Crippen LogP contribution in [0.2, 0.25) is 0 Å². The number of hydrogen-bond acceptors (Lipinski definition) is 3. The molecule has 0 aromatic carbocycles. The van der Waals surface area contributed by atoms with Crippen LogP contribution in [0.25, 0.3) is 0 Å². The Morgan fingerprint density at radius 1 is 1.64 bits per heavy atom. The first kappa shape index (κ1) is 6.64. The number of esters is 1. The largest absolute Gasteiger partial charge is 0.464 e. The van der Waals surface area contributed by atoms with Gasteiger partial charge in [0.15, 0.2) is 0 Å². The number of amides is 1. The van der Waals surface area contributed by atoms with Crippen molar-refractivity contribution >= 4 is 11.9 Å². The molecule has 1 amide bonds. The molecule has 1 N–H and O–H groups in total. The molecule has 0 spiro atoms. The molecule has 2 atom stereocenters. The lowest BCUT2D eigenvalue weighted by Gasteiger charge is -2.16. The second-order valence-electron chi connectivity index (χ2n) is 3.25. The van der Waals surface area contributed by atoms with Gasteiger partial charge in [-0.05, 0) is 6.92 Å². The molecule has 0 radical (unpaired) electrons. The van der Waals surface area contributed by atoms with Crippen LogP contribution in [0.3, 0.4) is 0 Å². The van der Waals surface area contributed by atoms with Gasteiger partial charge in [-0.25, -0.2) is 4.79 Å². The Bertz CT molecular complexity index is 238. The van der Waals surface area contributed by atoms with Crippen LogP contribution in [0.4, 0.5) is 0 Å². The van der Waals surface area contributed by atoms with Crippen molar-refractivity contribution in [1.29, 1.82) is 0 Å². The summed E-state index contributed by atoms with van der Waals surface area (Å²) in [7, 11) is 0. The number of carbonyl (C=O) groups is 2. The number of carbonyl (C=O) groups excluding carboxylic acids is 2. The van der Waals surface area contributed by atoms with E-state index in [9.17, 15) is 9.59 Å². The van der Waals surface area contributed by atoms with Crippen molar-refractivity contribution in [3.8, 4) is 0 Å². The molecule has 0 unspecified atom stereocenters. The van der Waals surface area contributed by atoms with Crippen LogP contribution in [-0.2, 0) is 14.3 Å². The van der Waals surface area contributed by atoms with Crippen LogP contribution < -0.4 is 5.32 Å². The van der Waals surface area contributed by atoms with Crippen LogP contribution in [-0.4, -0.2) is 24.0 Å². The van der Waals surface area contributed by atoms with Crippen LogP contribution in [0.5, 0.6) is 0 Å². The van der Waals surface area contributed by atoms with Gasteiger partial charge < -0.3 is 10.1 Å². The first-order chi connectivity index (χ1) is 5.13. The van der Waals surface area contributed by atoms with Gasteiger partial charge in [-0.3, -0.25) is 4.79 Å². The normalized spacial score (nSPS) is 41.7. The lowest BCUT2D eigenvalue weighted by Crippen LogP contribution is -2.46. The van der Waals surface area contributed by atoms with Crippen molar-refractivity contribution in [3.05, 3.63) is 0 Å². The van der Waals surface area contributed by atoms with E-state index in [0.29, 0.717) is 13.0 Å². The molecule has 2 heterocycles. The highest BCUT2D eigenvalue weighted by molar-refractivity contribution is 5.93. The summed E-state index contributed by atoms with van der Waals surface area (Å²) in [5.74, 6) is -0.301. The summed E-state index contributed by atoms with van der Waals surface area (Å²) in [6, 6.07) is 0. The zero-order valence-electron chi connectivity index (χ0n) is 6.22. The Kier molecular flexibility index (Phi) is 1.06. The maximum Gasteiger partial charge on any atom is 0.332 e. The molecule has 60 valence electrons. The minimum absolute atomic E-state index is 0.0440. The van der Waals surface area contributed by atoms with Crippen molar-refractivity contribution in [1.82, 2.24) is 5.32 Å². The van der Waals surface area contributed by atoms with Crippen molar-refractivity contribution in [2.75, 3.05) is 6.61 Å². The number of rotatable bonds is 0. The summed E-state index contributed by atoms with van der Waals surface area (Å²) in [6.07, 6.45) is 0.419. The minimum atomic E-state index is -0.725. The SMILES string of the molecule is C[C@]12NC(=O)C[C@H]1COC2=O. The van der Waals surface area contributed by atoms with Crippen molar-refractivity contribution in [2.45, 2.75) is 18.9 Å². The smallest absolute Gasteiger partial charge is 0.332 e. The highest BCUT2D eigenvalue weighted by atomic mass is 16.5. The van der Waals surface area contributed by atoms with Crippen LogP contribution in [0.15, 0.2) is 0 Å². The van der Waals surface area contributed by atoms with Crippen molar-refractivity contribution in [2.24, 2.45) is 5.92 Å². The van der Waals surface area contributed by atoms with Gasteiger partial charge in [-0.1, -0.05) is 0 Å². The molecular weight excluding hydrogens is 146 g/mol. The lowest BCUT2D eigenvalue weighted by atomic mass is 9.91. The third-order valence-corrected chi connectivity index (χ3v) is 2.49. The van der Waals surface area contributed by atoms with E-state index in [1.807, 2.05) is 0 Å². The number of hydrogen-bond donors (Lipinski definition) is 1. The van der Waals surface area contributed by atoms with E-state index in [2.05, 4.69) is 5.32 Å². The standard InChI is InChI=1S/C7H9NO3/c1-7-4(2-5(9)8-7)3-11-6(7)10/h4H,2-3H2,1H3,(H,8,9)/t4-,7-/m0/s1. The monoisotopic (exact) mass is 155 g/mol. The molecular formula is C7H9NO3. The molecule has 2 aliphatic heterocycles. The first-order valence-corrected chi connectivity index (χ1v) is 3.61. The fourth-order valence-electron chi connectivity index (χ4n) is 1.64. The summed E-state index contributed by atoms with van der Waals surface area (Å²) < 4.78 is 4.82. The topological polar surface area (TPSA) is 55.4 Å². The minimum Gasteiger partial charge on any atom is -0.464 e. The zero-order chi connectivity index (χ0) is 8.06. The second-order valence-corrected chi connectivity index (χ2v) is 3.25. The van der Waals surface area contributed by atoms with E-state index in [0.717, 1.165) is 0 Å². The highest BCUT2D eigenvalue weighted by Crippen LogP contribution is 2.33. The van der Waals surface area contributed by atoms with Gasteiger partial charge in [0.05, 0.1) is 6.61 Å². The Labute approximate surface area is 63.9 Å². The van der Waals surface area contributed by atoms with Crippen molar-refractivity contribution in [3.63, 3.8) is 0 Å². The number of nitrogens with one attached hydrogen (secondary N) is 1. The Morgan fingerprint density at radius 2 is 2.36 bits per heavy atom. The van der Waals surface area contributed by atoms with Gasteiger partial charge in [-0.15, -0.1) is 0 Å². The molecule has 4 nitrogen and oxygen atoms in total. The predicted molar refractivity (Wildman–Crippen MR) is 35.6 cm³/mol. The average Bonchev–Trinajstić information content (AvgIpc) is 2.32. The van der Waals surface area contributed by atoms with Gasteiger partial charge in [0.25, 0.3) is 0 Å². The number of ether oxygens (including phenoxy) is 1. The maximum atomic E-state index is 11.1. The predicted octanol–water partition coefficient (Wildman–Crippen LogP) is -0.562. The quantitative estimate of drug-likeness (QED) is 0.477. The third-order valence-electron chi connectivity index (χ3n) is 2.49. The summed E-state index contributed by atoms with van der Waals surface area (Å²) in [5, 5.41) is 2.63. The fraction of sp³-hybridized carbons (Fsp3) is 0.714. The molecule has 2 rings (SSSR count). The molecule has 0 aromatic heterocycles. The van der Waals surface area contributed by atoms with Gasteiger partial charge in [-0.2, -0.15) is 0 Å². The lowest BCUT2D eigenvalue weighted by molar-refractivity contribution is -0.144. The Hall–Kier alpha value is -1.06. The molecule has 11 heavy (non-hydrogen) atoms. The zero-order valence-corrected chi connectivity index (χ0v) is 6.22. The Morgan fingerprint density at radius 3 is 3.00 bits per heavy atom. The highest BCUT2D eigenvalue weighted by Gasteiger charge is 2.54. The van der Waals surface area contributed by atoms with Crippen LogP contribution in [0.1, 0.15) is 13.3 Å². The van der Waals surface area contributed by atoms with Crippen LogP contribution in [0, 0.1) is 5.92 Å². The van der Waals surface area contributed by atoms with E-state index < -0.39 is 5.54 Å². The van der Waals surface area contributed by atoms with Gasteiger partial charge in [0.2, 0.25) is 5.91 Å². The number of fused-ring (bicyclic) bond motifs is 1. The van der Waals surface area contributed by atoms with E-state index in [-0.39, 0.29) is 17.8 Å². The Balaban J connectivity index is 2.33. The summed E-state index contributed by atoms with van der Waals surface area (Å²) in [5.41, 5.74) is -0.725. The molecule has 0 bridgehead atoms. The second kappa shape index (κ2) is 1.75. The third kappa shape index (κ3) is 0.692. The van der Waals surface area contributed by atoms with E-state index in [1.54, 1.807) is 6.92 Å². The molecule has 0 aromatic rings. The van der Waals surface area contributed by atoms with E-state index >= 15 is 0 Å².